The molecule has 3 rings (SSSR count). The third kappa shape index (κ3) is 4.54. The maximum Gasteiger partial charge on any atom is 0.305 e. The molecule has 0 saturated carbocycles. The quantitative estimate of drug-likeness (QED) is 0.573. The Hall–Kier alpha value is -3.83. The molecule has 1 heterocycles. The van der Waals surface area contributed by atoms with E-state index in [2.05, 4.69) is 10.4 Å². The van der Waals surface area contributed by atoms with E-state index in [9.17, 15) is 19.8 Å². The summed E-state index contributed by atoms with van der Waals surface area (Å²) in [5.41, 5.74) is 1.22. The molecule has 1 amide bonds. The van der Waals surface area contributed by atoms with E-state index in [1.165, 1.54) is 12.1 Å². The van der Waals surface area contributed by atoms with Crippen LogP contribution in [0.4, 0.5) is 0 Å². The number of carboxylic acid groups (broad SMARTS) is 1. The molecule has 0 unspecified atom stereocenters. The molecule has 1 atom stereocenters. The Balaban J connectivity index is 1.86. The Morgan fingerprint density at radius 2 is 1.90 bits per heavy atom. The van der Waals surface area contributed by atoms with Gasteiger partial charge in [0.25, 0.3) is 5.91 Å². The number of aromatic hydroxyl groups is 1. The molecule has 8 nitrogen and oxygen atoms in total. The summed E-state index contributed by atoms with van der Waals surface area (Å²) in [6.45, 7) is 0. The summed E-state index contributed by atoms with van der Waals surface area (Å²) in [5, 5.41) is 35.2. The number of carbonyl (C=O) groups is 2. The van der Waals surface area contributed by atoms with E-state index >= 15 is 0 Å². The number of benzene rings is 2. The minimum Gasteiger partial charge on any atom is -0.493 e. The number of hydrogen-bond donors (Lipinski definition) is 3. The summed E-state index contributed by atoms with van der Waals surface area (Å²) in [6.07, 6.45) is -0.366. The Morgan fingerprint density at radius 3 is 2.52 bits per heavy atom. The van der Waals surface area contributed by atoms with Gasteiger partial charge < -0.3 is 15.5 Å². The van der Waals surface area contributed by atoms with Crippen molar-refractivity contribution in [3.05, 3.63) is 76.4 Å². The number of nitrogens with zero attached hydrogens (tertiary/aromatic N) is 3. The topological polar surface area (TPSA) is 128 Å². The first-order valence-corrected chi connectivity index (χ1v) is 8.83. The first-order chi connectivity index (χ1) is 13.9. The second-order valence-electron chi connectivity index (χ2n) is 6.11. The number of halogens is 1. The molecule has 29 heavy (non-hydrogen) atoms. The van der Waals surface area contributed by atoms with Crippen LogP contribution in [0.3, 0.4) is 0 Å². The van der Waals surface area contributed by atoms with Crippen LogP contribution in [0.5, 0.6) is 5.88 Å². The molecule has 0 fully saturated rings. The van der Waals surface area contributed by atoms with Crippen molar-refractivity contribution < 1.29 is 19.8 Å². The molecule has 0 spiro atoms. The standard InChI is InChI=1S/C20H15ClN4O4/c21-14-3-1-2-4-17(14)25-18(26)9-16(24-25)20(29)23-15(10-19(27)28)13-7-5-12(11-22)6-8-13/h1-9,15,26H,10H2,(H,23,29)(H,27,28)/t15-/m0/s1. The summed E-state index contributed by atoms with van der Waals surface area (Å²) in [5.74, 6) is -2.07. The van der Waals surface area contributed by atoms with Crippen LogP contribution in [0.15, 0.2) is 54.6 Å². The fraction of sp³-hybridized carbons (Fsp3) is 0.100. The van der Waals surface area contributed by atoms with Gasteiger partial charge in [0.05, 0.1) is 34.8 Å². The number of rotatable bonds is 6. The van der Waals surface area contributed by atoms with Crippen LogP contribution in [0.1, 0.15) is 34.1 Å². The summed E-state index contributed by atoms with van der Waals surface area (Å²) in [7, 11) is 0. The van der Waals surface area contributed by atoms with Gasteiger partial charge in [0.2, 0.25) is 5.88 Å². The molecule has 146 valence electrons. The molecule has 0 bridgehead atoms. The fourth-order valence-electron chi connectivity index (χ4n) is 2.73. The van der Waals surface area contributed by atoms with Gasteiger partial charge in [0, 0.05) is 6.07 Å². The predicted molar refractivity (Wildman–Crippen MR) is 104 cm³/mol. The van der Waals surface area contributed by atoms with Crippen molar-refractivity contribution >= 4 is 23.5 Å². The summed E-state index contributed by atoms with van der Waals surface area (Å²) < 4.78 is 1.12. The van der Waals surface area contributed by atoms with E-state index in [1.807, 2.05) is 6.07 Å². The van der Waals surface area contributed by atoms with Crippen LogP contribution >= 0.6 is 11.6 Å². The molecular formula is C20H15ClN4O4. The highest BCUT2D eigenvalue weighted by molar-refractivity contribution is 6.32. The smallest absolute Gasteiger partial charge is 0.305 e. The van der Waals surface area contributed by atoms with E-state index in [-0.39, 0.29) is 18.0 Å². The number of nitriles is 1. The average molecular weight is 411 g/mol. The number of aromatic nitrogens is 2. The summed E-state index contributed by atoms with van der Waals surface area (Å²) in [4.78, 5) is 23.9. The molecule has 0 aliphatic rings. The summed E-state index contributed by atoms with van der Waals surface area (Å²) >= 11 is 6.11. The third-order valence-corrected chi connectivity index (χ3v) is 4.45. The van der Waals surface area contributed by atoms with Crippen LogP contribution in [-0.2, 0) is 4.79 Å². The van der Waals surface area contributed by atoms with Crippen LogP contribution in [0, 0.1) is 11.3 Å². The van der Waals surface area contributed by atoms with Crippen LogP contribution in [0.25, 0.3) is 5.69 Å². The predicted octanol–water partition coefficient (Wildman–Crippen LogP) is 3.05. The Labute approximate surface area is 170 Å². The zero-order valence-corrected chi connectivity index (χ0v) is 15.7. The lowest BCUT2D eigenvalue weighted by atomic mass is 10.0. The van der Waals surface area contributed by atoms with Gasteiger partial charge in [-0.1, -0.05) is 35.9 Å². The normalized spacial score (nSPS) is 11.4. The molecular weight excluding hydrogens is 396 g/mol. The molecule has 1 aromatic heterocycles. The van der Waals surface area contributed by atoms with Crippen molar-refractivity contribution in [3.8, 4) is 17.6 Å². The monoisotopic (exact) mass is 410 g/mol. The van der Waals surface area contributed by atoms with E-state index in [0.29, 0.717) is 21.8 Å². The number of amides is 1. The molecule has 0 aliphatic heterocycles. The van der Waals surface area contributed by atoms with Gasteiger partial charge in [-0.15, -0.1) is 0 Å². The van der Waals surface area contributed by atoms with Crippen LogP contribution in [-0.4, -0.2) is 31.9 Å². The molecule has 0 radical (unpaired) electrons. The number of hydrogen-bond acceptors (Lipinski definition) is 5. The zero-order chi connectivity index (χ0) is 21.0. The van der Waals surface area contributed by atoms with Gasteiger partial charge in [-0.05, 0) is 29.8 Å². The van der Waals surface area contributed by atoms with Gasteiger partial charge in [0.1, 0.15) is 0 Å². The van der Waals surface area contributed by atoms with Crippen LogP contribution in [0.2, 0.25) is 5.02 Å². The van der Waals surface area contributed by atoms with Crippen molar-refractivity contribution in [2.75, 3.05) is 0 Å². The highest BCUT2D eigenvalue weighted by Crippen LogP contribution is 2.25. The van der Waals surface area contributed by atoms with E-state index in [0.717, 1.165) is 10.7 Å². The minimum atomic E-state index is -1.11. The molecule has 0 aliphatic carbocycles. The second kappa shape index (κ2) is 8.46. The largest absolute Gasteiger partial charge is 0.493 e. The maximum absolute atomic E-state index is 12.6. The maximum atomic E-state index is 12.6. The van der Waals surface area contributed by atoms with Crippen molar-refractivity contribution in [2.24, 2.45) is 0 Å². The second-order valence-corrected chi connectivity index (χ2v) is 6.52. The van der Waals surface area contributed by atoms with Crippen molar-refractivity contribution in [1.82, 2.24) is 15.1 Å². The van der Waals surface area contributed by atoms with Crippen molar-refractivity contribution in [3.63, 3.8) is 0 Å². The number of carbonyl (C=O) groups excluding carboxylic acids is 1. The zero-order valence-electron chi connectivity index (χ0n) is 14.9. The number of aliphatic carboxylic acids is 1. The highest BCUT2D eigenvalue weighted by Gasteiger charge is 2.22. The Kier molecular flexibility index (Phi) is 5.81. The first kappa shape index (κ1) is 19.9. The van der Waals surface area contributed by atoms with E-state index < -0.39 is 17.9 Å². The minimum absolute atomic E-state index is 0.105. The highest BCUT2D eigenvalue weighted by atomic mass is 35.5. The fourth-order valence-corrected chi connectivity index (χ4v) is 2.95. The van der Waals surface area contributed by atoms with E-state index in [4.69, 9.17) is 16.9 Å². The van der Waals surface area contributed by atoms with E-state index in [1.54, 1.807) is 36.4 Å². The molecule has 2 aromatic carbocycles. The lowest BCUT2D eigenvalue weighted by molar-refractivity contribution is -0.137. The van der Waals surface area contributed by atoms with Crippen molar-refractivity contribution in [1.29, 1.82) is 5.26 Å². The van der Waals surface area contributed by atoms with Crippen LogP contribution < -0.4 is 5.32 Å². The lowest BCUT2D eigenvalue weighted by Crippen LogP contribution is -2.30. The number of para-hydroxylation sites is 1. The number of carboxylic acids is 1. The Morgan fingerprint density at radius 1 is 1.21 bits per heavy atom. The Bertz CT molecular complexity index is 1100. The third-order valence-electron chi connectivity index (χ3n) is 4.13. The van der Waals surface area contributed by atoms with Crippen molar-refractivity contribution in [2.45, 2.75) is 12.5 Å². The SMILES string of the molecule is N#Cc1ccc([C@H](CC(=O)O)NC(=O)c2cc(O)n(-c3ccccc3Cl)n2)cc1. The molecule has 3 aromatic rings. The lowest BCUT2D eigenvalue weighted by Gasteiger charge is -2.16. The average Bonchev–Trinajstić information content (AvgIpc) is 3.09. The van der Waals surface area contributed by atoms with Gasteiger partial charge in [-0.2, -0.15) is 15.0 Å². The summed E-state index contributed by atoms with van der Waals surface area (Å²) in [6, 6.07) is 15.2. The number of nitrogens with one attached hydrogen (secondary N) is 1. The van der Waals surface area contributed by atoms with Gasteiger partial charge >= 0.3 is 5.97 Å². The molecule has 3 N–H and O–H groups in total. The van der Waals surface area contributed by atoms with Gasteiger partial charge in [-0.3, -0.25) is 9.59 Å². The van der Waals surface area contributed by atoms with Gasteiger partial charge in [-0.25, -0.2) is 0 Å². The van der Waals surface area contributed by atoms with Gasteiger partial charge in [0.15, 0.2) is 5.69 Å². The molecule has 9 heteroatoms. The first-order valence-electron chi connectivity index (χ1n) is 8.45. The molecule has 0 saturated heterocycles.